The van der Waals surface area contributed by atoms with Gasteiger partial charge in [-0.1, -0.05) is 29.6 Å². The van der Waals surface area contributed by atoms with Crippen molar-refractivity contribution in [2.45, 2.75) is 44.6 Å². The summed E-state index contributed by atoms with van der Waals surface area (Å²) in [6, 6.07) is 6.48. The Morgan fingerprint density at radius 2 is 2.00 bits per heavy atom. The summed E-state index contributed by atoms with van der Waals surface area (Å²) in [6.07, 6.45) is 8.00. The van der Waals surface area contributed by atoms with E-state index < -0.39 is 0 Å². The number of nitrogens with zero attached hydrogens (tertiary/aromatic N) is 2. The Morgan fingerprint density at radius 3 is 2.67 bits per heavy atom. The minimum Gasteiger partial charge on any atom is -0.409 e. The van der Waals surface area contributed by atoms with Crippen molar-refractivity contribution < 1.29 is 5.21 Å². The molecule has 1 aromatic carbocycles. The molecule has 1 saturated carbocycles. The van der Waals surface area contributed by atoms with Crippen LogP contribution in [-0.2, 0) is 0 Å². The van der Waals surface area contributed by atoms with Gasteiger partial charge < -0.3 is 15.8 Å². The van der Waals surface area contributed by atoms with Crippen LogP contribution < -0.4 is 10.6 Å². The molecule has 0 bridgehead atoms. The van der Waals surface area contributed by atoms with Crippen LogP contribution in [0.15, 0.2) is 23.4 Å². The molecule has 0 radical (unpaired) electrons. The minimum absolute atomic E-state index is 0.0558. The third-order valence-corrected chi connectivity index (χ3v) is 5.22. The third-order valence-electron chi connectivity index (χ3n) is 4.91. The summed E-state index contributed by atoms with van der Waals surface area (Å²) in [5.41, 5.74) is 7.37. The van der Waals surface area contributed by atoms with Crippen LogP contribution in [0.4, 0.5) is 5.69 Å². The highest BCUT2D eigenvalue weighted by Gasteiger charge is 2.33. The Hall–Kier alpha value is -1.42. The number of amidine groups is 1. The maximum absolute atomic E-state index is 8.77. The van der Waals surface area contributed by atoms with Crippen LogP contribution in [0.2, 0.25) is 5.02 Å². The number of nitrogens with two attached hydrogens (primary N) is 1. The maximum atomic E-state index is 8.77. The normalized spacial score (nSPS) is 24.0. The molecule has 1 aliphatic heterocycles. The molecule has 1 aromatic rings. The van der Waals surface area contributed by atoms with Gasteiger partial charge in [-0.15, -0.1) is 0 Å². The largest absolute Gasteiger partial charge is 0.409 e. The first kappa shape index (κ1) is 14.5. The fourth-order valence-electron chi connectivity index (χ4n) is 3.89. The third kappa shape index (κ3) is 2.82. The van der Waals surface area contributed by atoms with E-state index >= 15 is 0 Å². The molecule has 5 heteroatoms. The molecule has 2 aliphatic rings. The van der Waals surface area contributed by atoms with Crippen molar-refractivity contribution in [3.63, 3.8) is 0 Å². The first-order valence-electron chi connectivity index (χ1n) is 7.75. The Bertz CT molecular complexity index is 540. The molecule has 1 saturated heterocycles. The topological polar surface area (TPSA) is 61.9 Å². The van der Waals surface area contributed by atoms with Crippen LogP contribution in [0.25, 0.3) is 0 Å². The second-order valence-electron chi connectivity index (χ2n) is 6.10. The summed E-state index contributed by atoms with van der Waals surface area (Å²) in [7, 11) is 0. The van der Waals surface area contributed by atoms with Gasteiger partial charge >= 0.3 is 0 Å². The van der Waals surface area contributed by atoms with Crippen molar-refractivity contribution in [2.24, 2.45) is 16.8 Å². The van der Waals surface area contributed by atoms with Gasteiger partial charge in [0, 0.05) is 23.8 Å². The average molecular weight is 308 g/mol. The van der Waals surface area contributed by atoms with Crippen LogP contribution >= 0.6 is 11.6 Å². The SMILES string of the molecule is NC(=NO)c1ccc(N2CCCC2C2CCCC2)cc1Cl. The quantitative estimate of drug-likeness (QED) is 0.388. The molecule has 0 aromatic heterocycles. The molecule has 3 N–H and O–H groups in total. The lowest BCUT2D eigenvalue weighted by atomic mass is 9.95. The van der Waals surface area contributed by atoms with Gasteiger partial charge in [-0.3, -0.25) is 0 Å². The van der Waals surface area contributed by atoms with Gasteiger partial charge in [0.05, 0.1) is 5.02 Å². The van der Waals surface area contributed by atoms with E-state index in [1.807, 2.05) is 18.2 Å². The second kappa shape index (κ2) is 6.14. The molecule has 0 spiro atoms. The number of benzene rings is 1. The van der Waals surface area contributed by atoms with Crippen LogP contribution in [0, 0.1) is 5.92 Å². The van der Waals surface area contributed by atoms with Crippen LogP contribution in [0.3, 0.4) is 0 Å². The van der Waals surface area contributed by atoms with E-state index in [1.54, 1.807) is 0 Å². The molecule has 114 valence electrons. The van der Waals surface area contributed by atoms with E-state index in [0.29, 0.717) is 16.6 Å². The Kier molecular flexibility index (Phi) is 4.24. The fraction of sp³-hybridized carbons (Fsp3) is 0.562. The van der Waals surface area contributed by atoms with E-state index in [1.165, 1.54) is 38.5 Å². The summed E-state index contributed by atoms with van der Waals surface area (Å²) >= 11 is 6.29. The van der Waals surface area contributed by atoms with Gasteiger partial charge in [-0.25, -0.2) is 0 Å². The smallest absolute Gasteiger partial charge is 0.171 e. The Labute approximate surface area is 130 Å². The van der Waals surface area contributed by atoms with Crippen molar-refractivity contribution in [1.82, 2.24) is 0 Å². The van der Waals surface area contributed by atoms with Gasteiger partial charge in [-0.2, -0.15) is 0 Å². The predicted octanol–water partition coefficient (Wildman–Crippen LogP) is 3.59. The molecule has 1 atom stereocenters. The molecule has 4 nitrogen and oxygen atoms in total. The lowest BCUT2D eigenvalue weighted by Crippen LogP contribution is -2.34. The van der Waals surface area contributed by atoms with Gasteiger partial charge in [-0.05, 0) is 49.8 Å². The van der Waals surface area contributed by atoms with Crippen molar-refractivity contribution >= 4 is 23.1 Å². The highest BCUT2D eigenvalue weighted by atomic mass is 35.5. The fourth-order valence-corrected chi connectivity index (χ4v) is 4.16. The van der Waals surface area contributed by atoms with E-state index in [9.17, 15) is 0 Å². The first-order chi connectivity index (χ1) is 10.2. The molecule has 0 amide bonds. The molecular weight excluding hydrogens is 286 g/mol. The standard InChI is InChI=1S/C16H22ClN3O/c17-14-10-12(7-8-13(14)16(18)19-21)20-9-3-6-15(20)11-4-1-2-5-11/h7-8,10-11,15,21H,1-6,9H2,(H2,18,19). The zero-order valence-electron chi connectivity index (χ0n) is 12.1. The van der Waals surface area contributed by atoms with Crippen LogP contribution in [-0.4, -0.2) is 23.6 Å². The average Bonchev–Trinajstić information content (AvgIpc) is 3.16. The number of hydrogen-bond acceptors (Lipinski definition) is 3. The lowest BCUT2D eigenvalue weighted by molar-refractivity contribution is 0.318. The van der Waals surface area contributed by atoms with Gasteiger partial charge in [0.15, 0.2) is 5.84 Å². The summed E-state index contributed by atoms with van der Waals surface area (Å²) in [5, 5.41) is 12.3. The van der Waals surface area contributed by atoms with E-state index in [4.69, 9.17) is 22.5 Å². The first-order valence-corrected chi connectivity index (χ1v) is 8.12. The highest BCUT2D eigenvalue weighted by molar-refractivity contribution is 6.34. The van der Waals surface area contributed by atoms with E-state index in [2.05, 4.69) is 10.1 Å². The summed E-state index contributed by atoms with van der Waals surface area (Å²) in [5.74, 6) is 0.885. The Balaban J connectivity index is 1.84. The van der Waals surface area contributed by atoms with E-state index in [-0.39, 0.29) is 5.84 Å². The molecular formula is C16H22ClN3O. The number of halogens is 1. The highest BCUT2D eigenvalue weighted by Crippen LogP contribution is 2.38. The zero-order chi connectivity index (χ0) is 14.8. The van der Waals surface area contributed by atoms with Gasteiger partial charge in [0.2, 0.25) is 0 Å². The van der Waals surface area contributed by atoms with Gasteiger partial charge in [0.1, 0.15) is 0 Å². The minimum atomic E-state index is 0.0558. The van der Waals surface area contributed by atoms with Crippen LogP contribution in [0.5, 0.6) is 0 Å². The van der Waals surface area contributed by atoms with Crippen molar-refractivity contribution in [2.75, 3.05) is 11.4 Å². The molecule has 21 heavy (non-hydrogen) atoms. The summed E-state index contributed by atoms with van der Waals surface area (Å²) in [6.45, 7) is 1.10. The van der Waals surface area contributed by atoms with Crippen LogP contribution in [0.1, 0.15) is 44.1 Å². The lowest BCUT2D eigenvalue weighted by Gasteiger charge is -2.31. The second-order valence-corrected chi connectivity index (χ2v) is 6.50. The molecule has 1 heterocycles. The molecule has 3 rings (SSSR count). The molecule has 2 fully saturated rings. The molecule has 1 unspecified atom stereocenters. The zero-order valence-corrected chi connectivity index (χ0v) is 12.9. The summed E-state index contributed by atoms with van der Waals surface area (Å²) < 4.78 is 0. The number of rotatable bonds is 3. The van der Waals surface area contributed by atoms with E-state index in [0.717, 1.165) is 18.2 Å². The number of oxime groups is 1. The van der Waals surface area contributed by atoms with Crippen molar-refractivity contribution in [1.29, 1.82) is 0 Å². The molecule has 1 aliphatic carbocycles. The van der Waals surface area contributed by atoms with Crippen molar-refractivity contribution in [3.8, 4) is 0 Å². The number of hydrogen-bond donors (Lipinski definition) is 2. The maximum Gasteiger partial charge on any atom is 0.171 e. The Morgan fingerprint density at radius 1 is 1.24 bits per heavy atom. The van der Waals surface area contributed by atoms with Crippen molar-refractivity contribution in [3.05, 3.63) is 28.8 Å². The summed E-state index contributed by atoms with van der Waals surface area (Å²) in [4.78, 5) is 2.50. The number of anilines is 1. The predicted molar refractivity (Wildman–Crippen MR) is 86.3 cm³/mol. The van der Waals surface area contributed by atoms with Gasteiger partial charge in [0.25, 0.3) is 0 Å². The monoisotopic (exact) mass is 307 g/mol.